The highest BCUT2D eigenvalue weighted by Crippen LogP contribution is 2.20. The van der Waals surface area contributed by atoms with Crippen LogP contribution in [-0.2, 0) is 20.9 Å². The lowest BCUT2D eigenvalue weighted by Crippen LogP contribution is -2.55. The molecular weight excluding hydrogens is 384 g/mol. The molecule has 0 radical (unpaired) electrons. The maximum Gasteiger partial charge on any atom is 0.331 e. The number of nitrogens with zero attached hydrogens (tertiary/aromatic N) is 1. The van der Waals surface area contributed by atoms with E-state index in [2.05, 4.69) is 5.32 Å². The molecule has 2 fully saturated rings. The molecular formula is C23H22N2O5. The molecule has 154 valence electrons. The van der Waals surface area contributed by atoms with Gasteiger partial charge in [0, 0.05) is 6.61 Å². The highest BCUT2D eigenvalue weighted by Gasteiger charge is 2.37. The first-order valence-corrected chi connectivity index (χ1v) is 9.87. The third-order valence-corrected chi connectivity index (χ3v) is 5.04. The second kappa shape index (κ2) is 8.92. The molecule has 4 rings (SSSR count). The van der Waals surface area contributed by atoms with Gasteiger partial charge in [-0.05, 0) is 42.2 Å². The fourth-order valence-electron chi connectivity index (χ4n) is 3.42. The first-order valence-electron chi connectivity index (χ1n) is 9.87. The zero-order valence-electron chi connectivity index (χ0n) is 16.4. The van der Waals surface area contributed by atoms with Crippen molar-refractivity contribution >= 4 is 23.9 Å². The van der Waals surface area contributed by atoms with Crippen LogP contribution in [0.1, 0.15) is 24.0 Å². The first kappa shape index (κ1) is 19.8. The SMILES string of the molecule is O=C1NC(=O)N(CC2CCCO2)C(=O)/C1=C/c1ccc(OCc2ccccc2)cc1. The van der Waals surface area contributed by atoms with Gasteiger partial charge in [-0.25, -0.2) is 4.79 Å². The van der Waals surface area contributed by atoms with Crippen LogP contribution in [0.25, 0.3) is 6.08 Å². The molecule has 1 unspecified atom stereocenters. The van der Waals surface area contributed by atoms with Crippen LogP contribution in [0.15, 0.2) is 60.2 Å². The zero-order valence-corrected chi connectivity index (χ0v) is 16.4. The molecule has 0 spiro atoms. The van der Waals surface area contributed by atoms with Crippen LogP contribution in [0.4, 0.5) is 4.79 Å². The zero-order chi connectivity index (χ0) is 20.9. The van der Waals surface area contributed by atoms with Crippen molar-refractivity contribution < 1.29 is 23.9 Å². The average Bonchev–Trinajstić information content (AvgIpc) is 3.28. The van der Waals surface area contributed by atoms with Crippen molar-refractivity contribution in [2.75, 3.05) is 13.2 Å². The number of urea groups is 1. The summed E-state index contributed by atoms with van der Waals surface area (Å²) in [7, 11) is 0. The smallest absolute Gasteiger partial charge is 0.331 e. The number of nitrogens with one attached hydrogen (secondary N) is 1. The Kier molecular flexibility index (Phi) is 5.90. The van der Waals surface area contributed by atoms with E-state index in [1.807, 2.05) is 30.3 Å². The van der Waals surface area contributed by atoms with Crippen LogP contribution >= 0.6 is 0 Å². The fourth-order valence-corrected chi connectivity index (χ4v) is 3.42. The molecule has 2 aromatic carbocycles. The van der Waals surface area contributed by atoms with Gasteiger partial charge in [-0.15, -0.1) is 0 Å². The molecule has 1 N–H and O–H groups in total. The van der Waals surface area contributed by atoms with E-state index in [1.54, 1.807) is 24.3 Å². The molecule has 2 heterocycles. The lowest BCUT2D eigenvalue weighted by atomic mass is 10.1. The number of carbonyl (C=O) groups excluding carboxylic acids is 3. The minimum absolute atomic E-state index is 0.0782. The summed E-state index contributed by atoms with van der Waals surface area (Å²) in [5.74, 6) is -0.628. The summed E-state index contributed by atoms with van der Waals surface area (Å²) in [6.45, 7) is 1.21. The summed E-state index contributed by atoms with van der Waals surface area (Å²) in [5, 5.41) is 2.23. The molecule has 2 saturated heterocycles. The number of rotatable bonds is 6. The summed E-state index contributed by atoms with van der Waals surface area (Å²) in [4.78, 5) is 38.1. The number of hydrogen-bond acceptors (Lipinski definition) is 5. The Hall–Kier alpha value is -3.45. The summed E-state index contributed by atoms with van der Waals surface area (Å²) >= 11 is 0. The van der Waals surface area contributed by atoms with Crippen molar-refractivity contribution in [3.63, 3.8) is 0 Å². The number of benzene rings is 2. The maximum atomic E-state index is 12.8. The van der Waals surface area contributed by atoms with E-state index in [0.29, 0.717) is 24.5 Å². The van der Waals surface area contributed by atoms with Crippen LogP contribution in [0.5, 0.6) is 5.75 Å². The van der Waals surface area contributed by atoms with Crippen LogP contribution < -0.4 is 10.1 Å². The number of barbiturate groups is 1. The van der Waals surface area contributed by atoms with Crippen LogP contribution in [-0.4, -0.2) is 42.0 Å². The third-order valence-electron chi connectivity index (χ3n) is 5.04. The number of hydrogen-bond donors (Lipinski definition) is 1. The Balaban J connectivity index is 1.44. The largest absolute Gasteiger partial charge is 0.489 e. The lowest BCUT2D eigenvalue weighted by Gasteiger charge is -2.28. The van der Waals surface area contributed by atoms with Crippen molar-refractivity contribution in [3.05, 3.63) is 71.3 Å². The maximum absolute atomic E-state index is 12.8. The molecule has 0 aromatic heterocycles. The van der Waals surface area contributed by atoms with Gasteiger partial charge in [0.25, 0.3) is 11.8 Å². The standard InChI is InChI=1S/C23H22N2O5/c26-21-20(22(27)25(23(28)24-21)14-19-7-4-12-29-19)13-16-8-10-18(11-9-16)30-15-17-5-2-1-3-6-17/h1-3,5-6,8-11,13,19H,4,7,12,14-15H2,(H,24,26,28)/b20-13+. The molecule has 0 bridgehead atoms. The Morgan fingerprint density at radius 1 is 1.07 bits per heavy atom. The lowest BCUT2D eigenvalue weighted by molar-refractivity contribution is -0.131. The summed E-state index contributed by atoms with van der Waals surface area (Å²) in [5.41, 5.74) is 1.64. The van der Waals surface area contributed by atoms with E-state index in [1.165, 1.54) is 6.08 Å². The molecule has 0 saturated carbocycles. The van der Waals surface area contributed by atoms with Gasteiger partial charge in [-0.1, -0.05) is 42.5 Å². The van der Waals surface area contributed by atoms with E-state index in [0.717, 1.165) is 23.3 Å². The second-order valence-corrected chi connectivity index (χ2v) is 7.21. The van der Waals surface area contributed by atoms with Crippen molar-refractivity contribution in [1.29, 1.82) is 0 Å². The monoisotopic (exact) mass is 406 g/mol. The first-order chi connectivity index (χ1) is 14.6. The number of ether oxygens (including phenoxy) is 2. The Morgan fingerprint density at radius 2 is 1.83 bits per heavy atom. The Labute approximate surface area is 174 Å². The van der Waals surface area contributed by atoms with Gasteiger partial charge < -0.3 is 9.47 Å². The molecule has 1 atom stereocenters. The van der Waals surface area contributed by atoms with Gasteiger partial charge >= 0.3 is 6.03 Å². The highest BCUT2D eigenvalue weighted by molar-refractivity contribution is 6.31. The molecule has 7 nitrogen and oxygen atoms in total. The van der Waals surface area contributed by atoms with E-state index in [9.17, 15) is 14.4 Å². The van der Waals surface area contributed by atoms with Gasteiger partial charge in [0.05, 0.1) is 12.6 Å². The van der Waals surface area contributed by atoms with Crippen molar-refractivity contribution in [2.24, 2.45) is 0 Å². The van der Waals surface area contributed by atoms with E-state index in [4.69, 9.17) is 9.47 Å². The number of imide groups is 2. The van der Waals surface area contributed by atoms with Gasteiger partial charge in [0.2, 0.25) is 0 Å². The number of amides is 4. The van der Waals surface area contributed by atoms with E-state index in [-0.39, 0.29) is 18.2 Å². The number of carbonyl (C=O) groups is 3. The van der Waals surface area contributed by atoms with Crippen LogP contribution in [0.3, 0.4) is 0 Å². The average molecular weight is 406 g/mol. The minimum Gasteiger partial charge on any atom is -0.489 e. The minimum atomic E-state index is -0.706. The predicted molar refractivity (Wildman–Crippen MR) is 109 cm³/mol. The molecule has 4 amide bonds. The van der Waals surface area contributed by atoms with Crippen LogP contribution in [0.2, 0.25) is 0 Å². The Bertz CT molecular complexity index is 963. The third kappa shape index (κ3) is 4.58. The quantitative estimate of drug-likeness (QED) is 0.589. The van der Waals surface area contributed by atoms with Crippen LogP contribution in [0, 0.1) is 0 Å². The summed E-state index contributed by atoms with van der Waals surface area (Å²) in [6.07, 6.45) is 2.98. The van der Waals surface area contributed by atoms with Crippen molar-refractivity contribution in [3.8, 4) is 5.75 Å². The molecule has 30 heavy (non-hydrogen) atoms. The predicted octanol–water partition coefficient (Wildman–Crippen LogP) is 2.91. The van der Waals surface area contributed by atoms with Gasteiger partial charge in [-0.2, -0.15) is 0 Å². The fraction of sp³-hybridized carbons (Fsp3) is 0.261. The van der Waals surface area contributed by atoms with E-state index < -0.39 is 17.8 Å². The topological polar surface area (TPSA) is 84.9 Å². The van der Waals surface area contributed by atoms with Crippen molar-refractivity contribution in [2.45, 2.75) is 25.6 Å². The van der Waals surface area contributed by atoms with Gasteiger partial charge in [-0.3, -0.25) is 19.8 Å². The van der Waals surface area contributed by atoms with Crippen molar-refractivity contribution in [1.82, 2.24) is 10.2 Å². The summed E-state index contributed by atoms with van der Waals surface area (Å²) in [6, 6.07) is 16.2. The molecule has 0 aliphatic carbocycles. The van der Waals surface area contributed by atoms with E-state index >= 15 is 0 Å². The normalized spacial score (nSPS) is 20.5. The molecule has 7 heteroatoms. The molecule has 2 aromatic rings. The molecule has 2 aliphatic heterocycles. The molecule has 2 aliphatic rings. The second-order valence-electron chi connectivity index (χ2n) is 7.21. The van der Waals surface area contributed by atoms with Gasteiger partial charge in [0.1, 0.15) is 17.9 Å². The van der Waals surface area contributed by atoms with Gasteiger partial charge in [0.15, 0.2) is 0 Å². The summed E-state index contributed by atoms with van der Waals surface area (Å²) < 4.78 is 11.3. The highest BCUT2D eigenvalue weighted by atomic mass is 16.5. The Morgan fingerprint density at radius 3 is 2.53 bits per heavy atom.